The highest BCUT2D eigenvalue weighted by atomic mass is 14.5. The molecule has 17 fully saturated rings. The van der Waals surface area contributed by atoms with Gasteiger partial charge in [-0.25, -0.2) is 0 Å². The van der Waals surface area contributed by atoms with E-state index in [1.165, 1.54) is 375 Å². The Kier molecular flexibility index (Phi) is 46.7. The third kappa shape index (κ3) is 39.4. The maximum Gasteiger partial charge on any atom is -0.0163 e. The number of aryl methyl sites for hydroxylation is 4. The van der Waals surface area contributed by atoms with Crippen LogP contribution in [0.15, 0.2) is 121 Å². The van der Waals surface area contributed by atoms with Gasteiger partial charge in [0.2, 0.25) is 0 Å². The average Bonchev–Trinajstić information content (AvgIpc) is 0.882. The summed E-state index contributed by atoms with van der Waals surface area (Å²) in [5.41, 5.74) is 6.29. The van der Waals surface area contributed by atoms with Gasteiger partial charge in [-0.3, -0.25) is 0 Å². The van der Waals surface area contributed by atoms with Crippen LogP contribution >= 0.6 is 0 Å². The molecule has 17 saturated carbocycles. The Balaban J connectivity index is 0.000000132. The first-order valence-electron chi connectivity index (χ1n) is 48.7. The Morgan fingerprint density at radius 2 is 0.415 bits per heavy atom. The number of benzene rings is 2. The summed E-state index contributed by atoms with van der Waals surface area (Å²) in [5, 5.41) is 0. The first kappa shape index (κ1) is 86.9. The van der Waals surface area contributed by atoms with E-state index < -0.39 is 0 Å². The van der Waals surface area contributed by atoms with Gasteiger partial charge in [0.15, 0.2) is 0 Å². The summed E-state index contributed by atoms with van der Waals surface area (Å²) in [6.45, 7) is 0. The number of hydrogen-bond donors (Lipinski definition) is 0. The fourth-order valence-electron chi connectivity index (χ4n) is 21.2. The molecule has 596 valence electrons. The fraction of sp³-hybridized carbons (Fsp3) is 0.774. The van der Waals surface area contributed by atoms with E-state index in [4.69, 9.17) is 0 Å². The van der Waals surface area contributed by atoms with Gasteiger partial charge >= 0.3 is 0 Å². The van der Waals surface area contributed by atoms with Crippen molar-refractivity contribution in [1.82, 2.24) is 0 Å². The van der Waals surface area contributed by atoms with Gasteiger partial charge in [0.1, 0.15) is 0 Å². The molecule has 0 radical (unpaired) electrons. The van der Waals surface area contributed by atoms with Crippen LogP contribution in [-0.2, 0) is 25.7 Å². The van der Waals surface area contributed by atoms with E-state index in [1.54, 1.807) is 138 Å². The molecule has 0 aliphatic heterocycles. The smallest absolute Gasteiger partial charge is 0.0163 e. The third-order valence-corrected chi connectivity index (χ3v) is 28.5. The molecule has 2 aromatic rings. The summed E-state index contributed by atoms with van der Waals surface area (Å²) in [6, 6.07) is 17.5. The number of rotatable bonds is 0. The lowest BCUT2D eigenvalue weighted by atomic mass is 9.56. The van der Waals surface area contributed by atoms with Crippen LogP contribution in [0.25, 0.3) is 0 Å². The normalized spacial score (nSPS) is 31.2. The van der Waals surface area contributed by atoms with Crippen LogP contribution in [0.3, 0.4) is 0 Å². The maximum atomic E-state index is 2.38. The molecule has 0 heteroatoms. The first-order chi connectivity index (χ1) is 52.6. The monoisotopic (exact) mass is 1450 g/mol. The van der Waals surface area contributed by atoms with Crippen LogP contribution in [-0.4, -0.2) is 0 Å². The highest BCUT2D eigenvalue weighted by Crippen LogP contribution is 2.54. The summed E-state index contributed by atoms with van der Waals surface area (Å²) in [6.07, 6.45) is 130. The summed E-state index contributed by atoms with van der Waals surface area (Å²) in [7, 11) is 0. The molecule has 2 atom stereocenters. The standard InChI is InChI=1S/C10H16.C10H18.C10H12.C9H10.C7H12.C7H10.C7H14.C7H12.C6H12.C6H10.C5H8.C5H10.C5H8.C5H6.C4H8.C3H6/c1-7-2-9-4-8(1)5-10(3-7)6-9;2*1-2-6-10-8-4-3-7-9(10)5-1;1-2-5-9-7-3-6-8(9)4-1;2*1-2-7-4-3-6(1)5-7;2*1-2-4-6-7-5-3-1;2*1-2-4-6-5-3-1;1-4-2-5(1)3-4;3*1-2-4-5-3-1;1-2-4-3-1;1-2-3-1/h7-10H,1-6H2;9-10H,1-8H2;1-2,5-6H,3-4,7-8H2;1-2,4-5H,3,6-7H2;6-7H,1-5H2;1-2,6-7H,3-5H2;1-7H2;1-2H,3-7H2;1-6H2;1-2H,3-6H2;4-5H,1-3H2;1-5H2;1-2H,3-5H2;1-4H,5H2;1-4H2;1-3H2. The molecule has 2 unspecified atom stereocenters. The molecular weight excluding hydrogens is 1270 g/mol. The summed E-state index contributed by atoms with van der Waals surface area (Å²) in [4.78, 5) is 0. The largest absolute Gasteiger partial charge is 0.0885 e. The molecule has 0 heterocycles. The molecule has 0 saturated heterocycles. The summed E-state index contributed by atoms with van der Waals surface area (Å²) >= 11 is 0. The minimum absolute atomic E-state index is 0.991. The number of fused-ring (bicyclic) bond motifs is 7. The van der Waals surface area contributed by atoms with Crippen LogP contribution in [0.4, 0.5) is 0 Å². The fourth-order valence-corrected chi connectivity index (χ4v) is 21.2. The SMILES string of the molecule is C1=CC2CCC1C2.C1=CCC=C1.C1=CCCC1.C1=CCCCC1.C1=CCCCCC1.C1C2CC1C2.C1C2CC3CC1CC(C2)C3.C1CC1.C1CC2CCC1C2.C1CCC1.C1CCC2CCCCC2C1.C1CCCC1.C1CCCCC1.C1CCCCCC1.c1ccc2c(c1)CCC2.c1ccc2c(c1)CCCC2. The van der Waals surface area contributed by atoms with Crippen LogP contribution in [0.2, 0.25) is 0 Å². The number of allylic oxidation sites excluding steroid dienone is 12. The van der Waals surface area contributed by atoms with Crippen LogP contribution in [0.1, 0.15) is 446 Å². The Morgan fingerprint density at radius 1 is 0.179 bits per heavy atom. The first-order valence-corrected chi connectivity index (χ1v) is 48.7. The second-order valence-electron chi connectivity index (χ2n) is 38.0. The van der Waals surface area contributed by atoms with Gasteiger partial charge in [-0.05, 0) is 299 Å². The molecular formula is C106H172. The molecule has 24 aliphatic carbocycles. The van der Waals surface area contributed by atoms with E-state index in [-0.39, 0.29) is 0 Å². The molecule has 26 rings (SSSR count). The lowest BCUT2D eigenvalue weighted by Crippen LogP contribution is -2.38. The second kappa shape index (κ2) is 57.0. The minimum atomic E-state index is 0.991. The topological polar surface area (TPSA) is 0 Å². The molecule has 0 nitrogen and oxygen atoms in total. The van der Waals surface area contributed by atoms with Gasteiger partial charge < -0.3 is 0 Å². The Morgan fingerprint density at radius 3 is 0.613 bits per heavy atom. The highest BCUT2D eigenvalue weighted by molar-refractivity contribution is 5.31. The Labute approximate surface area is 660 Å². The lowest BCUT2D eigenvalue weighted by Gasteiger charge is -2.49. The van der Waals surface area contributed by atoms with Gasteiger partial charge in [0, 0.05) is 0 Å². The van der Waals surface area contributed by atoms with Crippen LogP contribution in [0.5, 0.6) is 0 Å². The predicted molar refractivity (Wildman–Crippen MR) is 469 cm³/mol. The average molecular weight is 1450 g/mol. The molecule has 0 spiro atoms. The summed E-state index contributed by atoms with van der Waals surface area (Å²) in [5.74, 6) is 13.8. The van der Waals surface area contributed by atoms with Crippen molar-refractivity contribution in [2.24, 2.45) is 71.0 Å². The predicted octanol–water partition coefficient (Wildman–Crippen LogP) is 34.1. The summed E-state index contributed by atoms with van der Waals surface area (Å²) < 4.78 is 0. The van der Waals surface area contributed by atoms with E-state index in [0.29, 0.717) is 0 Å². The Bertz CT molecular complexity index is 2360. The molecule has 106 heavy (non-hydrogen) atoms. The van der Waals surface area contributed by atoms with Crippen molar-refractivity contribution in [3.8, 4) is 0 Å². The molecule has 0 amide bonds. The zero-order valence-electron chi connectivity index (χ0n) is 70.0. The third-order valence-electron chi connectivity index (χ3n) is 28.5. The van der Waals surface area contributed by atoms with E-state index >= 15 is 0 Å². The van der Waals surface area contributed by atoms with Crippen LogP contribution < -0.4 is 0 Å². The zero-order valence-corrected chi connectivity index (χ0v) is 70.0. The molecule has 10 bridgehead atoms. The molecule has 2 aromatic carbocycles. The van der Waals surface area contributed by atoms with Crippen molar-refractivity contribution >= 4 is 0 Å². The quantitative estimate of drug-likeness (QED) is 0.182. The van der Waals surface area contributed by atoms with Crippen molar-refractivity contribution in [3.05, 3.63) is 144 Å². The van der Waals surface area contributed by atoms with Crippen molar-refractivity contribution in [2.45, 2.75) is 449 Å². The number of hydrogen-bond acceptors (Lipinski definition) is 0. The van der Waals surface area contributed by atoms with Crippen molar-refractivity contribution in [1.29, 1.82) is 0 Å². The Hall–Kier alpha value is -3.12. The van der Waals surface area contributed by atoms with Gasteiger partial charge in [-0.2, -0.15) is 0 Å². The van der Waals surface area contributed by atoms with Crippen molar-refractivity contribution < 1.29 is 0 Å². The van der Waals surface area contributed by atoms with E-state index in [2.05, 4.69) is 121 Å². The van der Waals surface area contributed by atoms with Gasteiger partial charge in [-0.1, -0.05) is 365 Å². The van der Waals surface area contributed by atoms with E-state index in [1.807, 2.05) is 0 Å². The molecule has 24 aliphatic rings. The van der Waals surface area contributed by atoms with Gasteiger partial charge in [0.25, 0.3) is 0 Å². The maximum absolute atomic E-state index is 2.38. The molecule has 0 aromatic heterocycles. The van der Waals surface area contributed by atoms with E-state index in [9.17, 15) is 0 Å². The lowest BCUT2D eigenvalue weighted by molar-refractivity contribution is 0.0197. The van der Waals surface area contributed by atoms with Crippen molar-refractivity contribution in [2.75, 3.05) is 0 Å². The van der Waals surface area contributed by atoms with E-state index in [0.717, 1.165) is 30.1 Å². The van der Waals surface area contributed by atoms with Crippen LogP contribution in [0, 0.1) is 71.0 Å². The van der Waals surface area contributed by atoms with Gasteiger partial charge in [-0.15, -0.1) is 0 Å². The van der Waals surface area contributed by atoms with Crippen molar-refractivity contribution in [3.63, 3.8) is 0 Å². The van der Waals surface area contributed by atoms with Gasteiger partial charge in [0.05, 0.1) is 0 Å². The second-order valence-corrected chi connectivity index (χ2v) is 38.0. The molecule has 0 N–H and O–H groups in total. The minimum Gasteiger partial charge on any atom is -0.0885 e. The zero-order chi connectivity index (χ0) is 72.9. The highest BCUT2D eigenvalue weighted by Gasteiger charge is 2.42.